The van der Waals surface area contributed by atoms with E-state index in [-0.39, 0.29) is 25.0 Å². The quantitative estimate of drug-likeness (QED) is 0.517. The van der Waals surface area contributed by atoms with Crippen LogP contribution in [0.1, 0.15) is 36.8 Å². The lowest BCUT2D eigenvalue weighted by Crippen LogP contribution is -2.46. The van der Waals surface area contributed by atoms with Gasteiger partial charge in [0.15, 0.2) is 0 Å². The Morgan fingerprint density at radius 1 is 0.839 bits per heavy atom. The van der Waals surface area contributed by atoms with E-state index in [9.17, 15) is 9.59 Å². The predicted molar refractivity (Wildman–Crippen MR) is 117 cm³/mol. The van der Waals surface area contributed by atoms with Gasteiger partial charge in [0.1, 0.15) is 19.0 Å². The smallest absolute Gasteiger partial charge is 0.425 e. The van der Waals surface area contributed by atoms with E-state index < -0.39 is 12.2 Å². The number of hydrogen-bond acceptors (Lipinski definition) is 6. The van der Waals surface area contributed by atoms with Gasteiger partial charge in [-0.3, -0.25) is 5.41 Å². The lowest BCUT2D eigenvalue weighted by molar-refractivity contribution is 0.0867. The zero-order valence-corrected chi connectivity index (χ0v) is 17.5. The van der Waals surface area contributed by atoms with Gasteiger partial charge in [-0.15, -0.1) is 0 Å². The molecule has 0 radical (unpaired) electrons. The monoisotopic (exact) mass is 423 g/mol. The van der Waals surface area contributed by atoms with Crippen molar-refractivity contribution < 1.29 is 19.1 Å². The normalized spacial score (nSPS) is 18.1. The minimum Gasteiger partial charge on any atom is -0.444 e. The third-order valence-electron chi connectivity index (χ3n) is 5.58. The molecule has 1 aliphatic carbocycles. The van der Waals surface area contributed by atoms with Gasteiger partial charge in [0.05, 0.1) is 0 Å². The van der Waals surface area contributed by atoms with Crippen molar-refractivity contribution in [2.45, 2.75) is 38.9 Å². The maximum absolute atomic E-state index is 12.8. The summed E-state index contributed by atoms with van der Waals surface area (Å²) in [5.41, 5.74) is 7.35. The van der Waals surface area contributed by atoms with Crippen LogP contribution >= 0.6 is 0 Å². The van der Waals surface area contributed by atoms with Gasteiger partial charge in [-0.2, -0.15) is 4.90 Å². The zero-order valence-electron chi connectivity index (χ0n) is 17.5. The Kier molecular flexibility index (Phi) is 8.18. The molecule has 7 nitrogen and oxygen atoms in total. The number of amidine groups is 1. The van der Waals surface area contributed by atoms with Gasteiger partial charge in [0.25, 0.3) is 0 Å². The van der Waals surface area contributed by atoms with Crippen LogP contribution in [0.25, 0.3) is 0 Å². The fourth-order valence-electron chi connectivity index (χ4n) is 3.69. The summed E-state index contributed by atoms with van der Waals surface area (Å²) in [5.74, 6) is 0.135. The number of ether oxygens (including phenoxy) is 2. The van der Waals surface area contributed by atoms with E-state index in [2.05, 4.69) is 0 Å². The summed E-state index contributed by atoms with van der Waals surface area (Å²) in [7, 11) is 0. The third kappa shape index (κ3) is 6.39. The minimum absolute atomic E-state index is 0.00926. The summed E-state index contributed by atoms with van der Waals surface area (Å²) in [5, 5.41) is 8.58. The number of rotatable bonds is 6. The van der Waals surface area contributed by atoms with E-state index in [1.54, 1.807) is 0 Å². The molecule has 1 fully saturated rings. The fourth-order valence-corrected chi connectivity index (χ4v) is 3.69. The van der Waals surface area contributed by atoms with Crippen molar-refractivity contribution in [1.29, 1.82) is 5.41 Å². The van der Waals surface area contributed by atoms with Gasteiger partial charge in [-0.25, -0.2) is 9.59 Å². The summed E-state index contributed by atoms with van der Waals surface area (Å²) in [6, 6.07) is 18.4. The van der Waals surface area contributed by atoms with Gasteiger partial charge in [-0.05, 0) is 49.3 Å². The van der Waals surface area contributed by atoms with Crippen LogP contribution in [-0.4, -0.2) is 29.5 Å². The molecule has 0 spiro atoms. The first-order valence-electron chi connectivity index (χ1n) is 10.6. The molecular weight excluding hydrogens is 394 g/mol. The van der Waals surface area contributed by atoms with E-state index >= 15 is 0 Å². The molecule has 0 heterocycles. The lowest BCUT2D eigenvalue weighted by Gasteiger charge is -2.31. The lowest BCUT2D eigenvalue weighted by atomic mass is 9.81. The van der Waals surface area contributed by atoms with Crippen LogP contribution in [0.4, 0.5) is 9.59 Å². The Morgan fingerprint density at radius 3 is 1.71 bits per heavy atom. The molecular formula is C24H29N3O4. The van der Waals surface area contributed by atoms with Crippen molar-refractivity contribution in [2.24, 2.45) is 17.6 Å². The number of amides is 2. The zero-order chi connectivity index (χ0) is 22.1. The topological polar surface area (TPSA) is 106 Å². The molecule has 3 rings (SSSR count). The van der Waals surface area contributed by atoms with E-state index in [0.29, 0.717) is 25.3 Å². The molecule has 0 saturated heterocycles. The minimum atomic E-state index is -0.895. The van der Waals surface area contributed by atoms with Crippen LogP contribution < -0.4 is 5.73 Å². The predicted octanol–water partition coefficient (Wildman–Crippen LogP) is 4.70. The number of benzene rings is 2. The Labute approximate surface area is 182 Å². The van der Waals surface area contributed by atoms with Crippen LogP contribution in [0.15, 0.2) is 60.7 Å². The highest BCUT2D eigenvalue weighted by atomic mass is 16.6. The molecule has 1 saturated carbocycles. The standard InChI is InChI=1S/C24H29N3O4/c25-15-18-11-13-21(14-12-18)22(26)27(23(28)30-16-19-7-3-1-4-8-19)24(29)31-17-20-9-5-2-6-10-20/h1-10,18,21,26H,11-17,25H2. The molecule has 164 valence electrons. The van der Waals surface area contributed by atoms with Gasteiger partial charge >= 0.3 is 12.2 Å². The highest BCUT2D eigenvalue weighted by molar-refractivity contribution is 6.08. The maximum atomic E-state index is 12.8. The van der Waals surface area contributed by atoms with Crippen molar-refractivity contribution in [3.63, 3.8) is 0 Å². The van der Waals surface area contributed by atoms with Gasteiger partial charge in [0, 0.05) is 5.92 Å². The average Bonchev–Trinajstić information content (AvgIpc) is 2.83. The van der Waals surface area contributed by atoms with E-state index in [1.807, 2.05) is 60.7 Å². The molecule has 0 atom stereocenters. The molecule has 0 bridgehead atoms. The van der Waals surface area contributed by atoms with Gasteiger partial charge < -0.3 is 15.2 Å². The fraction of sp³-hybridized carbons (Fsp3) is 0.375. The third-order valence-corrected chi connectivity index (χ3v) is 5.58. The molecule has 0 aliphatic heterocycles. The summed E-state index contributed by atoms with van der Waals surface area (Å²) in [6.45, 7) is 0.632. The molecule has 3 N–H and O–H groups in total. The summed E-state index contributed by atoms with van der Waals surface area (Å²) >= 11 is 0. The van der Waals surface area contributed by atoms with Crippen LogP contribution in [0.3, 0.4) is 0 Å². The molecule has 31 heavy (non-hydrogen) atoms. The Bertz CT molecular complexity index is 809. The molecule has 2 aromatic carbocycles. The van der Waals surface area contributed by atoms with E-state index in [4.69, 9.17) is 20.6 Å². The van der Waals surface area contributed by atoms with Crippen molar-refractivity contribution in [3.8, 4) is 0 Å². The molecule has 7 heteroatoms. The van der Waals surface area contributed by atoms with E-state index in [1.165, 1.54) is 0 Å². The number of nitrogens with zero attached hydrogens (tertiary/aromatic N) is 1. The second-order valence-electron chi connectivity index (χ2n) is 7.75. The summed E-state index contributed by atoms with van der Waals surface area (Å²) in [6.07, 6.45) is 1.36. The highest BCUT2D eigenvalue weighted by Crippen LogP contribution is 2.30. The largest absolute Gasteiger partial charge is 0.444 e. The van der Waals surface area contributed by atoms with Gasteiger partial charge in [0.2, 0.25) is 0 Å². The number of carbonyl (C=O) groups excluding carboxylic acids is 2. The molecule has 0 aromatic heterocycles. The second kappa shape index (κ2) is 11.3. The highest BCUT2D eigenvalue weighted by Gasteiger charge is 2.35. The van der Waals surface area contributed by atoms with Crippen molar-refractivity contribution >= 4 is 18.0 Å². The molecule has 0 unspecified atom stereocenters. The number of nitrogens with two attached hydrogens (primary N) is 1. The Hall–Kier alpha value is -3.19. The van der Waals surface area contributed by atoms with Crippen LogP contribution in [0, 0.1) is 17.2 Å². The SMILES string of the molecule is N=C(C1CCC(CN)CC1)N(C(=O)OCc1ccccc1)C(=O)OCc1ccccc1. The maximum Gasteiger partial charge on any atom is 0.425 e. The van der Waals surface area contributed by atoms with E-state index in [0.717, 1.165) is 28.9 Å². The van der Waals surface area contributed by atoms with Crippen LogP contribution in [0.5, 0.6) is 0 Å². The van der Waals surface area contributed by atoms with Crippen molar-refractivity contribution in [1.82, 2.24) is 4.90 Å². The number of hydrogen-bond donors (Lipinski definition) is 2. The first-order valence-corrected chi connectivity index (χ1v) is 10.6. The first-order chi connectivity index (χ1) is 15.1. The summed E-state index contributed by atoms with van der Waals surface area (Å²) in [4.78, 5) is 26.4. The van der Waals surface area contributed by atoms with Crippen LogP contribution in [-0.2, 0) is 22.7 Å². The first kappa shape index (κ1) is 22.5. The van der Waals surface area contributed by atoms with Crippen LogP contribution in [0.2, 0.25) is 0 Å². The average molecular weight is 424 g/mol. The Morgan fingerprint density at radius 2 is 1.29 bits per heavy atom. The molecule has 2 aromatic rings. The number of imide groups is 1. The second-order valence-corrected chi connectivity index (χ2v) is 7.75. The number of nitrogens with one attached hydrogen (secondary N) is 1. The Balaban J connectivity index is 1.68. The number of carbonyl (C=O) groups is 2. The van der Waals surface area contributed by atoms with Crippen molar-refractivity contribution in [2.75, 3.05) is 6.54 Å². The molecule has 2 amide bonds. The summed E-state index contributed by atoms with van der Waals surface area (Å²) < 4.78 is 10.7. The van der Waals surface area contributed by atoms with Crippen molar-refractivity contribution in [3.05, 3.63) is 71.8 Å². The molecule has 1 aliphatic rings. The van der Waals surface area contributed by atoms with Gasteiger partial charge in [-0.1, -0.05) is 60.7 Å².